The molecule has 0 fully saturated rings. The van der Waals surface area contributed by atoms with Gasteiger partial charge in [0.25, 0.3) is 5.79 Å². The maximum Gasteiger partial charge on any atom is 0.263 e. The fourth-order valence-corrected chi connectivity index (χ4v) is 7.24. The van der Waals surface area contributed by atoms with Gasteiger partial charge in [0, 0.05) is 33.4 Å². The Morgan fingerprint density at radius 1 is 0.529 bits per heavy atom. The summed E-state index contributed by atoms with van der Waals surface area (Å²) in [5, 5.41) is 1.54. The zero-order valence-electron chi connectivity index (χ0n) is 27.3. The van der Waals surface area contributed by atoms with Crippen molar-refractivity contribution in [3.63, 3.8) is 0 Å². The number of rotatable bonds is 8. The monoisotopic (exact) mass is 722 g/mol. The van der Waals surface area contributed by atoms with E-state index in [1.165, 1.54) is 0 Å². The van der Waals surface area contributed by atoms with Crippen molar-refractivity contribution in [1.82, 2.24) is 9.55 Å². The molecule has 7 aromatic rings. The first-order valence-corrected chi connectivity index (χ1v) is 17.5. The Bertz CT molecular complexity index is 2400. The van der Waals surface area contributed by atoms with E-state index < -0.39 is 5.79 Å². The summed E-state index contributed by atoms with van der Waals surface area (Å²) in [5.41, 5.74) is 7.43. The van der Waals surface area contributed by atoms with E-state index in [2.05, 4.69) is 4.57 Å². The molecule has 5 nitrogen and oxygen atoms in total. The Kier molecular flexibility index (Phi) is 8.78. The van der Waals surface area contributed by atoms with E-state index >= 15 is 0 Å². The molecule has 0 N–H and O–H groups in total. The lowest BCUT2D eigenvalue weighted by molar-refractivity contribution is 0.407. The van der Waals surface area contributed by atoms with Crippen molar-refractivity contribution in [2.75, 3.05) is 7.11 Å². The van der Waals surface area contributed by atoms with Crippen LogP contribution in [0, 0.1) is 0 Å². The van der Waals surface area contributed by atoms with Gasteiger partial charge in [-0.2, -0.15) is 0 Å². The van der Waals surface area contributed by atoms with Gasteiger partial charge in [-0.15, -0.1) is 0 Å². The first-order chi connectivity index (χ1) is 25.0. The Labute approximate surface area is 311 Å². The highest BCUT2D eigenvalue weighted by atomic mass is 35.5. The molecule has 8 heteroatoms. The smallest absolute Gasteiger partial charge is 0.263 e. The molecule has 1 aliphatic rings. The quantitative estimate of drug-likeness (QED) is 0.157. The molecular weight excluding hydrogens is 695 g/mol. The molecular formula is C43H29Cl3N4O. The van der Waals surface area contributed by atoms with Gasteiger partial charge < -0.3 is 4.74 Å². The molecule has 0 saturated carbocycles. The average molecular weight is 724 g/mol. The summed E-state index contributed by atoms with van der Waals surface area (Å²) in [4.78, 5) is 16.8. The molecule has 0 aliphatic carbocycles. The maximum absolute atomic E-state index is 7.22. The van der Waals surface area contributed by atoms with Crippen molar-refractivity contribution in [2.24, 2.45) is 9.98 Å². The standard InChI is InChI=1S/C43H29Cl3N4O/c1-51-31-20-14-19-30(27-31)41-40(32-21-8-11-24-35(32)44)47-42(33-22-9-12-25-36(33)45)50(41)43(34-23-10-13-26-37(34)46)48-38(28-15-4-2-5-16-28)39(49-43)29-17-6-3-7-18-29/h2-27H,1H3. The van der Waals surface area contributed by atoms with Gasteiger partial charge in [0.1, 0.15) is 11.6 Å². The van der Waals surface area contributed by atoms with Crippen molar-refractivity contribution in [1.29, 1.82) is 0 Å². The molecule has 1 aromatic heterocycles. The minimum absolute atomic E-state index is 0.487. The Morgan fingerprint density at radius 2 is 1.04 bits per heavy atom. The molecule has 248 valence electrons. The minimum atomic E-state index is -1.51. The first kappa shape index (κ1) is 32.7. The Hall–Kier alpha value is -5.46. The normalized spacial score (nSPS) is 13.5. The topological polar surface area (TPSA) is 51.8 Å². The maximum atomic E-state index is 7.22. The fraction of sp³-hybridized carbons (Fsp3) is 0.0465. The van der Waals surface area contributed by atoms with Crippen molar-refractivity contribution in [2.45, 2.75) is 5.79 Å². The number of imidazole rings is 1. The largest absolute Gasteiger partial charge is 0.497 e. The number of nitrogens with zero attached hydrogens (tertiary/aromatic N) is 4. The molecule has 2 heterocycles. The number of aliphatic imine (C=N–C) groups is 2. The van der Waals surface area contributed by atoms with Crippen molar-refractivity contribution in [3.05, 3.63) is 189 Å². The molecule has 0 atom stereocenters. The lowest BCUT2D eigenvalue weighted by Gasteiger charge is -2.30. The molecule has 8 rings (SSSR count). The van der Waals surface area contributed by atoms with Gasteiger partial charge in [0.15, 0.2) is 0 Å². The molecule has 0 radical (unpaired) electrons. The summed E-state index contributed by atoms with van der Waals surface area (Å²) in [7, 11) is 1.65. The van der Waals surface area contributed by atoms with E-state index in [0.29, 0.717) is 60.6 Å². The summed E-state index contributed by atoms with van der Waals surface area (Å²) in [6.45, 7) is 0. The van der Waals surface area contributed by atoms with Crippen LogP contribution in [0.5, 0.6) is 5.75 Å². The van der Waals surface area contributed by atoms with Gasteiger partial charge in [-0.05, 0) is 36.4 Å². The minimum Gasteiger partial charge on any atom is -0.497 e. The number of benzene rings is 6. The summed E-state index contributed by atoms with van der Waals surface area (Å²) >= 11 is 21.2. The van der Waals surface area contributed by atoms with Gasteiger partial charge >= 0.3 is 0 Å². The number of halogens is 3. The van der Waals surface area contributed by atoms with Gasteiger partial charge in [-0.25, -0.2) is 15.0 Å². The Morgan fingerprint density at radius 3 is 1.61 bits per heavy atom. The number of hydrogen-bond donors (Lipinski definition) is 0. The number of hydrogen-bond acceptors (Lipinski definition) is 4. The highest BCUT2D eigenvalue weighted by molar-refractivity contribution is 6.54. The van der Waals surface area contributed by atoms with Crippen LogP contribution in [0.1, 0.15) is 16.7 Å². The summed E-state index contributed by atoms with van der Waals surface area (Å²) in [6, 6.07) is 51.0. The fourth-order valence-electron chi connectivity index (χ4n) is 6.54. The number of methoxy groups -OCH3 is 1. The zero-order valence-corrected chi connectivity index (χ0v) is 29.6. The van der Waals surface area contributed by atoms with Gasteiger partial charge in [-0.1, -0.05) is 156 Å². The van der Waals surface area contributed by atoms with Crippen LogP contribution >= 0.6 is 34.8 Å². The zero-order chi connectivity index (χ0) is 35.0. The number of ether oxygens (including phenoxy) is 1. The van der Waals surface area contributed by atoms with Crippen LogP contribution in [0.25, 0.3) is 33.9 Å². The van der Waals surface area contributed by atoms with E-state index in [0.717, 1.165) is 22.3 Å². The highest BCUT2D eigenvalue weighted by Gasteiger charge is 2.46. The predicted octanol–water partition coefficient (Wildman–Crippen LogP) is 11.5. The third-order valence-corrected chi connectivity index (χ3v) is 9.85. The van der Waals surface area contributed by atoms with Crippen LogP contribution in [0.4, 0.5) is 0 Å². The van der Waals surface area contributed by atoms with Crippen LogP contribution < -0.4 is 4.74 Å². The molecule has 0 saturated heterocycles. The third kappa shape index (κ3) is 5.83. The molecule has 0 spiro atoms. The molecule has 0 amide bonds. The second-order valence-electron chi connectivity index (χ2n) is 11.9. The lowest BCUT2D eigenvalue weighted by Crippen LogP contribution is -2.31. The molecule has 0 bridgehead atoms. The molecule has 51 heavy (non-hydrogen) atoms. The number of aromatic nitrogens is 2. The van der Waals surface area contributed by atoms with E-state index in [4.69, 9.17) is 54.5 Å². The molecule has 0 unspecified atom stereocenters. The van der Waals surface area contributed by atoms with Crippen LogP contribution in [0.2, 0.25) is 15.1 Å². The van der Waals surface area contributed by atoms with Gasteiger partial charge in [-0.3, -0.25) is 4.57 Å². The van der Waals surface area contributed by atoms with Crippen LogP contribution in [0.3, 0.4) is 0 Å². The average Bonchev–Trinajstić information content (AvgIpc) is 3.77. The summed E-state index contributed by atoms with van der Waals surface area (Å²) in [5.74, 6) is -0.305. The van der Waals surface area contributed by atoms with Crippen LogP contribution in [0.15, 0.2) is 168 Å². The van der Waals surface area contributed by atoms with Crippen molar-refractivity contribution < 1.29 is 4.74 Å². The second-order valence-corrected chi connectivity index (χ2v) is 13.1. The third-order valence-electron chi connectivity index (χ3n) is 8.87. The van der Waals surface area contributed by atoms with Crippen molar-refractivity contribution in [3.8, 4) is 39.7 Å². The predicted molar refractivity (Wildman–Crippen MR) is 210 cm³/mol. The van der Waals surface area contributed by atoms with Crippen LogP contribution in [-0.2, 0) is 5.79 Å². The summed E-state index contributed by atoms with van der Waals surface area (Å²) in [6.07, 6.45) is 0. The molecule has 1 aliphatic heterocycles. The van der Waals surface area contributed by atoms with E-state index in [1.54, 1.807) is 7.11 Å². The first-order valence-electron chi connectivity index (χ1n) is 16.3. The van der Waals surface area contributed by atoms with Gasteiger partial charge in [0.2, 0.25) is 0 Å². The molecule has 6 aromatic carbocycles. The van der Waals surface area contributed by atoms with Crippen molar-refractivity contribution >= 4 is 46.2 Å². The van der Waals surface area contributed by atoms with Gasteiger partial charge in [0.05, 0.1) is 45.0 Å². The van der Waals surface area contributed by atoms with Crippen LogP contribution in [-0.4, -0.2) is 28.1 Å². The van der Waals surface area contributed by atoms with E-state index in [9.17, 15) is 0 Å². The van der Waals surface area contributed by atoms with E-state index in [-0.39, 0.29) is 0 Å². The Balaban J connectivity index is 1.60. The highest BCUT2D eigenvalue weighted by Crippen LogP contribution is 2.49. The lowest BCUT2D eigenvalue weighted by atomic mass is 10.0. The summed E-state index contributed by atoms with van der Waals surface area (Å²) < 4.78 is 7.80. The second kappa shape index (κ2) is 13.7. The SMILES string of the molecule is COc1cccc(-c2c(-c3ccccc3Cl)nc(-c3ccccc3Cl)n2C2(c3ccccc3Cl)N=C(c3ccccc3)C(c3ccccc3)=N2)c1. The van der Waals surface area contributed by atoms with E-state index in [1.807, 2.05) is 158 Å².